The molecule has 7 heteroatoms. The van der Waals surface area contributed by atoms with Gasteiger partial charge >= 0.3 is 0 Å². The first kappa shape index (κ1) is 15.7. The molecule has 1 aromatic carbocycles. The summed E-state index contributed by atoms with van der Waals surface area (Å²) < 4.78 is 16.2. The molecule has 24 heavy (non-hydrogen) atoms. The number of carbonyl (C=O) groups excluding carboxylic acids is 1. The third kappa shape index (κ3) is 2.60. The average Bonchev–Trinajstić information content (AvgIpc) is 3.02. The van der Waals surface area contributed by atoms with Crippen LogP contribution in [0.25, 0.3) is 16.9 Å². The van der Waals surface area contributed by atoms with E-state index in [4.69, 9.17) is 0 Å². The minimum Gasteiger partial charge on any atom is -0.354 e. The maximum atomic E-state index is 13.2. The van der Waals surface area contributed by atoms with Crippen LogP contribution in [-0.4, -0.2) is 26.9 Å². The van der Waals surface area contributed by atoms with Crippen LogP contribution in [0.3, 0.4) is 0 Å². The molecule has 0 aliphatic rings. The van der Waals surface area contributed by atoms with Crippen molar-refractivity contribution in [1.82, 2.24) is 19.3 Å². The van der Waals surface area contributed by atoms with Gasteiger partial charge in [-0.05, 0) is 29.8 Å². The van der Waals surface area contributed by atoms with Crippen molar-refractivity contribution in [3.05, 3.63) is 71.2 Å². The Bertz CT molecular complexity index is 986. The van der Waals surface area contributed by atoms with Gasteiger partial charge in [0.25, 0.3) is 11.5 Å². The quantitative estimate of drug-likeness (QED) is 0.744. The fourth-order valence-corrected chi connectivity index (χ4v) is 2.48. The number of nitrogens with one attached hydrogen (secondary N) is 1. The Morgan fingerprint density at radius 3 is 2.67 bits per heavy atom. The summed E-state index contributed by atoms with van der Waals surface area (Å²) in [5.41, 5.74) is 1.19. The molecular weight excluding hydrogens is 311 g/mol. The molecule has 0 spiro atoms. The van der Waals surface area contributed by atoms with E-state index in [-0.39, 0.29) is 35.2 Å². The fourth-order valence-electron chi connectivity index (χ4n) is 2.48. The van der Waals surface area contributed by atoms with Crippen LogP contribution >= 0.6 is 0 Å². The van der Waals surface area contributed by atoms with Crippen molar-refractivity contribution in [2.75, 3.05) is 7.05 Å². The SMILES string of the molecule is C=CCn1c(-c2ccc(F)cc2)cn2cc(C(=O)NC)nc2c1=O. The molecule has 2 heterocycles. The summed E-state index contributed by atoms with van der Waals surface area (Å²) in [5.74, 6) is -0.737. The summed E-state index contributed by atoms with van der Waals surface area (Å²) in [7, 11) is 1.49. The van der Waals surface area contributed by atoms with E-state index in [1.165, 1.54) is 34.3 Å². The first-order valence-electron chi connectivity index (χ1n) is 7.26. The van der Waals surface area contributed by atoms with E-state index in [2.05, 4.69) is 16.9 Å². The van der Waals surface area contributed by atoms with Crippen molar-refractivity contribution < 1.29 is 9.18 Å². The summed E-state index contributed by atoms with van der Waals surface area (Å²) in [6.07, 6.45) is 4.77. The molecule has 0 aliphatic heterocycles. The zero-order chi connectivity index (χ0) is 17.3. The third-order valence-electron chi connectivity index (χ3n) is 3.63. The Hall–Kier alpha value is -3.22. The normalized spacial score (nSPS) is 10.8. The number of rotatable bonds is 4. The Morgan fingerprint density at radius 1 is 1.33 bits per heavy atom. The molecule has 0 bridgehead atoms. The number of fused-ring (bicyclic) bond motifs is 1. The van der Waals surface area contributed by atoms with Crippen molar-refractivity contribution in [3.63, 3.8) is 0 Å². The Kier molecular flexibility index (Phi) is 3.99. The van der Waals surface area contributed by atoms with E-state index in [1.807, 2.05) is 0 Å². The first-order valence-corrected chi connectivity index (χ1v) is 7.26. The molecule has 0 atom stereocenters. The standard InChI is InChI=1S/C17H15FN4O2/c1-3-8-22-14(11-4-6-12(18)7-5-11)10-21-9-13(16(23)19-2)20-15(21)17(22)24/h3-7,9-10H,1,8H2,2H3,(H,19,23). The number of benzene rings is 1. The van der Waals surface area contributed by atoms with Crippen molar-refractivity contribution in [2.24, 2.45) is 0 Å². The summed E-state index contributed by atoms with van der Waals surface area (Å²) in [6, 6.07) is 5.83. The number of amides is 1. The minimum absolute atomic E-state index is 0.140. The highest BCUT2D eigenvalue weighted by Crippen LogP contribution is 2.19. The smallest absolute Gasteiger partial charge is 0.295 e. The Balaban J connectivity index is 2.29. The minimum atomic E-state index is -0.378. The highest BCUT2D eigenvalue weighted by Gasteiger charge is 2.16. The van der Waals surface area contributed by atoms with Gasteiger partial charge in [0.15, 0.2) is 0 Å². The zero-order valence-electron chi connectivity index (χ0n) is 13.0. The summed E-state index contributed by atoms with van der Waals surface area (Å²) in [4.78, 5) is 28.6. The first-order chi connectivity index (χ1) is 11.5. The lowest BCUT2D eigenvalue weighted by molar-refractivity contribution is 0.0959. The molecule has 3 aromatic rings. The van der Waals surface area contributed by atoms with Gasteiger partial charge < -0.3 is 5.32 Å². The second-order valence-corrected chi connectivity index (χ2v) is 5.16. The Labute approximate surface area is 136 Å². The van der Waals surface area contributed by atoms with Crippen LogP contribution in [0.4, 0.5) is 4.39 Å². The second-order valence-electron chi connectivity index (χ2n) is 5.16. The van der Waals surface area contributed by atoms with Gasteiger partial charge in [-0.25, -0.2) is 9.37 Å². The van der Waals surface area contributed by atoms with E-state index in [0.717, 1.165) is 0 Å². The molecule has 0 radical (unpaired) electrons. The summed E-state index contributed by atoms with van der Waals surface area (Å²) in [6.45, 7) is 3.93. The number of carbonyl (C=O) groups is 1. The van der Waals surface area contributed by atoms with Crippen LogP contribution in [0.1, 0.15) is 10.5 Å². The molecule has 6 nitrogen and oxygen atoms in total. The van der Waals surface area contributed by atoms with Crippen LogP contribution in [0.5, 0.6) is 0 Å². The predicted molar refractivity (Wildman–Crippen MR) is 88.4 cm³/mol. The molecule has 1 N–H and O–H groups in total. The summed E-state index contributed by atoms with van der Waals surface area (Å²) >= 11 is 0. The van der Waals surface area contributed by atoms with Crippen molar-refractivity contribution in [3.8, 4) is 11.3 Å². The highest BCUT2D eigenvalue weighted by atomic mass is 19.1. The lowest BCUT2D eigenvalue weighted by Crippen LogP contribution is -2.23. The topological polar surface area (TPSA) is 68.4 Å². The molecule has 0 saturated heterocycles. The number of imidazole rings is 1. The molecule has 122 valence electrons. The molecule has 3 rings (SSSR count). The van der Waals surface area contributed by atoms with E-state index in [1.54, 1.807) is 24.4 Å². The van der Waals surface area contributed by atoms with Gasteiger partial charge in [0.05, 0.1) is 5.69 Å². The third-order valence-corrected chi connectivity index (χ3v) is 3.63. The fraction of sp³-hybridized carbons (Fsp3) is 0.118. The van der Waals surface area contributed by atoms with Gasteiger partial charge in [0.2, 0.25) is 5.65 Å². The molecular formula is C17H15FN4O2. The molecule has 0 aliphatic carbocycles. The van der Waals surface area contributed by atoms with Crippen LogP contribution in [-0.2, 0) is 6.54 Å². The number of aromatic nitrogens is 3. The monoisotopic (exact) mass is 326 g/mol. The van der Waals surface area contributed by atoms with Gasteiger partial charge in [-0.1, -0.05) is 6.08 Å². The van der Waals surface area contributed by atoms with Crippen molar-refractivity contribution in [2.45, 2.75) is 6.54 Å². The molecule has 1 amide bonds. The van der Waals surface area contributed by atoms with E-state index in [0.29, 0.717) is 11.3 Å². The highest BCUT2D eigenvalue weighted by molar-refractivity contribution is 5.92. The molecule has 0 unspecified atom stereocenters. The number of nitrogens with zero attached hydrogens (tertiary/aromatic N) is 3. The number of halogens is 1. The van der Waals surface area contributed by atoms with E-state index < -0.39 is 0 Å². The van der Waals surface area contributed by atoms with Gasteiger partial charge in [0, 0.05) is 26.0 Å². The zero-order valence-corrected chi connectivity index (χ0v) is 13.0. The maximum absolute atomic E-state index is 13.2. The van der Waals surface area contributed by atoms with Crippen molar-refractivity contribution in [1.29, 1.82) is 0 Å². The Morgan fingerprint density at radius 2 is 2.04 bits per heavy atom. The van der Waals surface area contributed by atoms with E-state index >= 15 is 0 Å². The van der Waals surface area contributed by atoms with Crippen LogP contribution < -0.4 is 10.9 Å². The van der Waals surface area contributed by atoms with E-state index in [9.17, 15) is 14.0 Å². The second kappa shape index (κ2) is 6.11. The van der Waals surface area contributed by atoms with Crippen LogP contribution in [0.15, 0.2) is 54.1 Å². The summed E-state index contributed by atoms with van der Waals surface area (Å²) in [5, 5.41) is 2.47. The molecule has 2 aromatic heterocycles. The number of hydrogen-bond donors (Lipinski definition) is 1. The molecule has 0 saturated carbocycles. The number of allylic oxidation sites excluding steroid dienone is 1. The van der Waals surface area contributed by atoms with Gasteiger partial charge in [-0.15, -0.1) is 6.58 Å². The lowest BCUT2D eigenvalue weighted by atomic mass is 10.1. The lowest BCUT2D eigenvalue weighted by Gasteiger charge is -2.12. The van der Waals surface area contributed by atoms with Gasteiger partial charge in [-0.3, -0.25) is 18.6 Å². The molecule has 0 fully saturated rings. The van der Waals surface area contributed by atoms with Crippen LogP contribution in [0.2, 0.25) is 0 Å². The van der Waals surface area contributed by atoms with Gasteiger partial charge in [-0.2, -0.15) is 0 Å². The number of hydrogen-bond acceptors (Lipinski definition) is 3. The maximum Gasteiger partial charge on any atom is 0.295 e. The van der Waals surface area contributed by atoms with Crippen LogP contribution in [0, 0.1) is 5.82 Å². The van der Waals surface area contributed by atoms with Crippen molar-refractivity contribution >= 4 is 11.6 Å². The van der Waals surface area contributed by atoms with Gasteiger partial charge in [0.1, 0.15) is 11.5 Å². The average molecular weight is 326 g/mol. The predicted octanol–water partition coefficient (Wildman–Crippen LogP) is 1.85. The largest absolute Gasteiger partial charge is 0.354 e.